The van der Waals surface area contributed by atoms with Gasteiger partial charge in [-0.25, -0.2) is 4.68 Å². The summed E-state index contributed by atoms with van der Waals surface area (Å²) in [7, 11) is 1.56. The normalized spacial score (nSPS) is 10.6. The fraction of sp³-hybridized carbons (Fsp3) is 0.0952. The number of aromatic nitrogens is 5. The monoisotopic (exact) mass is 402 g/mol. The van der Waals surface area contributed by atoms with E-state index in [1.165, 1.54) is 6.07 Å². The van der Waals surface area contributed by atoms with Gasteiger partial charge in [0, 0.05) is 11.6 Å². The number of nitrogens with zero attached hydrogens (tertiary/aromatic N) is 4. The van der Waals surface area contributed by atoms with Crippen LogP contribution in [0.3, 0.4) is 0 Å². The maximum Gasteiger partial charge on any atom is 0.267 e. The van der Waals surface area contributed by atoms with Crippen molar-refractivity contribution in [1.29, 1.82) is 0 Å². The molecule has 0 spiro atoms. The Morgan fingerprint density at radius 2 is 1.83 bits per heavy atom. The number of hydrogen-bond donors (Lipinski definition) is 2. The average molecular weight is 402 g/mol. The van der Waals surface area contributed by atoms with Gasteiger partial charge in [-0.2, -0.15) is 10.1 Å². The van der Waals surface area contributed by atoms with E-state index in [2.05, 4.69) is 25.6 Å². The van der Waals surface area contributed by atoms with Crippen molar-refractivity contribution < 1.29 is 9.53 Å². The Kier molecular flexibility index (Phi) is 5.33. The molecule has 0 bridgehead atoms. The summed E-state index contributed by atoms with van der Waals surface area (Å²) in [4.78, 5) is 28.8. The minimum atomic E-state index is -0.472. The minimum Gasteiger partial charge on any atom is -0.496 e. The summed E-state index contributed by atoms with van der Waals surface area (Å²) in [5, 5.41) is 13.6. The molecule has 2 N–H and O–H groups in total. The number of anilines is 1. The molecular weight excluding hydrogens is 384 g/mol. The maximum absolute atomic E-state index is 12.4. The zero-order valence-corrected chi connectivity index (χ0v) is 16.1. The largest absolute Gasteiger partial charge is 0.496 e. The van der Waals surface area contributed by atoms with Gasteiger partial charge >= 0.3 is 0 Å². The molecule has 9 heteroatoms. The second-order valence-corrected chi connectivity index (χ2v) is 6.34. The lowest BCUT2D eigenvalue weighted by atomic mass is 10.1. The molecule has 2 aromatic heterocycles. The fourth-order valence-corrected chi connectivity index (χ4v) is 2.90. The lowest BCUT2D eigenvalue weighted by Gasteiger charge is -2.07. The Balaban J connectivity index is 1.50. The zero-order valence-electron chi connectivity index (χ0n) is 16.1. The molecule has 0 aliphatic carbocycles. The van der Waals surface area contributed by atoms with E-state index in [0.717, 1.165) is 10.2 Å². The Bertz CT molecular complexity index is 1230. The van der Waals surface area contributed by atoms with Crippen molar-refractivity contribution in [3.8, 4) is 28.4 Å². The molecule has 0 aliphatic rings. The van der Waals surface area contributed by atoms with Crippen molar-refractivity contribution in [2.45, 2.75) is 6.54 Å². The number of ether oxygens (including phenoxy) is 1. The van der Waals surface area contributed by atoms with Gasteiger partial charge in [-0.15, -0.1) is 5.10 Å². The van der Waals surface area contributed by atoms with E-state index in [1.807, 2.05) is 48.5 Å². The SMILES string of the molecule is COc1ccccc1-c1nc(NC(=O)Cn2nc(-c3ccccc3)ccc2=O)n[nH]1. The molecule has 30 heavy (non-hydrogen) atoms. The smallest absolute Gasteiger partial charge is 0.267 e. The van der Waals surface area contributed by atoms with E-state index in [4.69, 9.17) is 4.74 Å². The summed E-state index contributed by atoms with van der Waals surface area (Å²) in [6.07, 6.45) is 0. The third kappa shape index (κ3) is 4.09. The number of methoxy groups -OCH3 is 1. The number of amides is 1. The summed E-state index contributed by atoms with van der Waals surface area (Å²) in [5.74, 6) is 0.692. The Morgan fingerprint density at radius 3 is 2.63 bits per heavy atom. The number of rotatable bonds is 6. The molecule has 2 aromatic carbocycles. The highest BCUT2D eigenvalue weighted by Crippen LogP contribution is 2.27. The van der Waals surface area contributed by atoms with Crippen LogP contribution < -0.4 is 15.6 Å². The number of carbonyl (C=O) groups is 1. The van der Waals surface area contributed by atoms with Crippen LogP contribution in [-0.4, -0.2) is 38.0 Å². The predicted molar refractivity (Wildman–Crippen MR) is 111 cm³/mol. The predicted octanol–water partition coefficient (Wildman–Crippen LogP) is 2.34. The van der Waals surface area contributed by atoms with Gasteiger partial charge in [0.15, 0.2) is 5.82 Å². The van der Waals surface area contributed by atoms with Crippen LogP contribution in [-0.2, 0) is 11.3 Å². The summed E-state index contributed by atoms with van der Waals surface area (Å²) in [5.41, 5.74) is 1.78. The molecule has 1 amide bonds. The highest BCUT2D eigenvalue weighted by Gasteiger charge is 2.13. The van der Waals surface area contributed by atoms with Crippen molar-refractivity contribution in [2.24, 2.45) is 0 Å². The number of H-pyrrole nitrogens is 1. The molecule has 0 unspecified atom stereocenters. The molecule has 0 aliphatic heterocycles. The molecule has 4 aromatic rings. The van der Waals surface area contributed by atoms with E-state index >= 15 is 0 Å². The number of carbonyl (C=O) groups excluding carboxylic acids is 1. The molecule has 150 valence electrons. The Morgan fingerprint density at radius 1 is 1.07 bits per heavy atom. The molecule has 0 fully saturated rings. The van der Waals surface area contributed by atoms with E-state index in [1.54, 1.807) is 19.2 Å². The van der Waals surface area contributed by atoms with Crippen LogP contribution in [0.5, 0.6) is 5.75 Å². The van der Waals surface area contributed by atoms with Gasteiger partial charge in [0.25, 0.3) is 5.56 Å². The Labute approximate surface area is 171 Å². The van der Waals surface area contributed by atoms with E-state index in [9.17, 15) is 9.59 Å². The molecule has 0 saturated carbocycles. The van der Waals surface area contributed by atoms with Gasteiger partial charge in [-0.05, 0) is 18.2 Å². The van der Waals surface area contributed by atoms with Gasteiger partial charge in [0.1, 0.15) is 12.3 Å². The van der Waals surface area contributed by atoms with E-state index < -0.39 is 5.91 Å². The third-order valence-corrected chi connectivity index (χ3v) is 4.33. The molecular formula is C21H18N6O3. The number of nitrogens with one attached hydrogen (secondary N) is 2. The highest BCUT2D eigenvalue weighted by atomic mass is 16.5. The average Bonchev–Trinajstić information content (AvgIpc) is 3.24. The van der Waals surface area contributed by atoms with E-state index in [0.29, 0.717) is 22.8 Å². The van der Waals surface area contributed by atoms with Crippen LogP contribution in [0.25, 0.3) is 22.6 Å². The van der Waals surface area contributed by atoms with Crippen LogP contribution in [0.1, 0.15) is 0 Å². The first-order chi connectivity index (χ1) is 14.6. The van der Waals surface area contributed by atoms with Gasteiger partial charge in [0.2, 0.25) is 11.9 Å². The van der Waals surface area contributed by atoms with Gasteiger partial charge in [-0.1, -0.05) is 42.5 Å². The van der Waals surface area contributed by atoms with Crippen molar-refractivity contribution in [3.63, 3.8) is 0 Å². The first-order valence-electron chi connectivity index (χ1n) is 9.13. The molecule has 0 radical (unpaired) electrons. The lowest BCUT2D eigenvalue weighted by Crippen LogP contribution is -2.29. The fourth-order valence-electron chi connectivity index (χ4n) is 2.90. The molecule has 0 atom stereocenters. The molecule has 4 rings (SSSR count). The summed E-state index contributed by atoms with van der Waals surface area (Å²) in [6.45, 7) is -0.266. The lowest BCUT2D eigenvalue weighted by molar-refractivity contribution is -0.117. The number of hydrogen-bond acceptors (Lipinski definition) is 6. The van der Waals surface area contributed by atoms with Gasteiger partial charge < -0.3 is 4.74 Å². The second kappa shape index (κ2) is 8.39. The van der Waals surface area contributed by atoms with Crippen molar-refractivity contribution >= 4 is 11.9 Å². The number of para-hydroxylation sites is 1. The van der Waals surface area contributed by atoms with Crippen molar-refractivity contribution in [3.05, 3.63) is 77.1 Å². The third-order valence-electron chi connectivity index (χ3n) is 4.33. The molecule has 2 heterocycles. The topological polar surface area (TPSA) is 115 Å². The van der Waals surface area contributed by atoms with Crippen LogP contribution in [0.4, 0.5) is 5.95 Å². The van der Waals surface area contributed by atoms with Crippen LogP contribution >= 0.6 is 0 Å². The first-order valence-corrected chi connectivity index (χ1v) is 9.13. The second-order valence-electron chi connectivity index (χ2n) is 6.34. The standard InChI is InChI=1S/C21H18N6O3/c1-30-17-10-6-5-9-15(17)20-23-21(25-24-20)22-18(28)13-27-19(29)12-11-16(26-27)14-7-3-2-4-8-14/h2-12H,13H2,1H3,(H2,22,23,24,25,28). The number of benzene rings is 2. The molecule has 9 nitrogen and oxygen atoms in total. The Hall–Kier alpha value is -4.27. The quantitative estimate of drug-likeness (QED) is 0.512. The van der Waals surface area contributed by atoms with Gasteiger partial charge in [-0.3, -0.25) is 20.0 Å². The molecule has 0 saturated heterocycles. The summed E-state index contributed by atoms with van der Waals surface area (Å²) < 4.78 is 6.41. The van der Waals surface area contributed by atoms with Crippen molar-refractivity contribution in [1.82, 2.24) is 25.0 Å². The summed E-state index contributed by atoms with van der Waals surface area (Å²) >= 11 is 0. The van der Waals surface area contributed by atoms with Crippen LogP contribution in [0.2, 0.25) is 0 Å². The first kappa shape index (κ1) is 19.1. The summed E-state index contributed by atoms with van der Waals surface area (Å²) in [6, 6.07) is 19.7. The highest BCUT2D eigenvalue weighted by molar-refractivity contribution is 5.89. The number of aromatic amines is 1. The van der Waals surface area contributed by atoms with Gasteiger partial charge in [0.05, 0.1) is 18.4 Å². The van der Waals surface area contributed by atoms with Crippen LogP contribution in [0, 0.1) is 0 Å². The van der Waals surface area contributed by atoms with E-state index in [-0.39, 0.29) is 18.1 Å². The zero-order chi connectivity index (χ0) is 20.9. The minimum absolute atomic E-state index is 0.0909. The van der Waals surface area contributed by atoms with Crippen LogP contribution in [0.15, 0.2) is 71.5 Å². The maximum atomic E-state index is 12.4. The van der Waals surface area contributed by atoms with Crippen molar-refractivity contribution in [2.75, 3.05) is 12.4 Å².